The van der Waals surface area contributed by atoms with Gasteiger partial charge in [0.15, 0.2) is 5.69 Å². The predicted molar refractivity (Wildman–Crippen MR) is 90.7 cm³/mol. The number of nitrogens with zero attached hydrogens (tertiary/aromatic N) is 2. The van der Waals surface area contributed by atoms with E-state index >= 15 is 0 Å². The maximum atomic E-state index is 12.0. The van der Waals surface area contributed by atoms with Crippen LogP contribution in [0.5, 0.6) is 0 Å². The summed E-state index contributed by atoms with van der Waals surface area (Å²) in [4.78, 5) is 23.8. The summed E-state index contributed by atoms with van der Waals surface area (Å²) in [5.74, 6) is -0.583. The van der Waals surface area contributed by atoms with E-state index in [0.29, 0.717) is 12.2 Å². The molecule has 0 unspecified atom stereocenters. The zero-order valence-electron chi connectivity index (χ0n) is 13.1. The lowest BCUT2D eigenvalue weighted by Crippen LogP contribution is -2.37. The quantitative estimate of drug-likeness (QED) is 0.721. The fraction of sp³-hybridized carbons (Fsp3) is 0.167. The number of amides is 2. The number of nitrogens with one attached hydrogen (secondary N) is 2. The van der Waals surface area contributed by atoms with Crippen LogP contribution in [0.2, 0.25) is 0 Å². The molecule has 6 nitrogen and oxygen atoms in total. The highest BCUT2D eigenvalue weighted by Gasteiger charge is 2.11. The Morgan fingerprint density at radius 3 is 2.58 bits per heavy atom. The molecule has 0 radical (unpaired) electrons. The van der Waals surface area contributed by atoms with Crippen molar-refractivity contribution < 1.29 is 9.59 Å². The molecule has 0 bridgehead atoms. The Labute approximate surface area is 139 Å². The lowest BCUT2D eigenvalue weighted by Gasteiger charge is -2.06. The Morgan fingerprint density at radius 2 is 1.79 bits per heavy atom. The number of carbonyl (C=O) groups excluding carboxylic acids is 2. The second kappa shape index (κ2) is 7.41. The van der Waals surface area contributed by atoms with Gasteiger partial charge in [0, 0.05) is 12.7 Å². The number of pyridine rings is 1. The van der Waals surface area contributed by atoms with Gasteiger partial charge in [-0.15, -0.1) is 0 Å². The molecule has 2 aromatic heterocycles. The predicted octanol–water partition coefficient (Wildman–Crippen LogP) is 1.42. The van der Waals surface area contributed by atoms with Gasteiger partial charge in [-0.2, -0.15) is 5.10 Å². The smallest absolute Gasteiger partial charge is 0.272 e. The molecule has 2 amide bonds. The van der Waals surface area contributed by atoms with Gasteiger partial charge >= 0.3 is 0 Å². The molecule has 0 aliphatic rings. The largest absolute Gasteiger partial charge is 0.354 e. The highest BCUT2D eigenvalue weighted by molar-refractivity contribution is 5.95. The van der Waals surface area contributed by atoms with Crippen LogP contribution in [0.4, 0.5) is 0 Å². The molecule has 2 heterocycles. The van der Waals surface area contributed by atoms with Crippen molar-refractivity contribution in [3.63, 3.8) is 0 Å². The molecule has 0 saturated carbocycles. The summed E-state index contributed by atoms with van der Waals surface area (Å²) in [7, 11) is 0. The van der Waals surface area contributed by atoms with Crippen LogP contribution in [0.1, 0.15) is 16.1 Å². The van der Waals surface area contributed by atoms with E-state index in [1.54, 1.807) is 16.8 Å². The Hall–Kier alpha value is -3.15. The van der Waals surface area contributed by atoms with Crippen LogP contribution in [0.3, 0.4) is 0 Å². The highest BCUT2D eigenvalue weighted by Crippen LogP contribution is 2.05. The second-order valence-corrected chi connectivity index (χ2v) is 5.37. The minimum absolute atomic E-state index is 0.0680. The second-order valence-electron chi connectivity index (χ2n) is 5.37. The highest BCUT2D eigenvalue weighted by atomic mass is 16.2. The molecule has 0 spiro atoms. The monoisotopic (exact) mass is 322 g/mol. The van der Waals surface area contributed by atoms with Crippen LogP contribution in [-0.4, -0.2) is 34.5 Å². The third-order valence-electron chi connectivity index (χ3n) is 3.59. The fourth-order valence-electron chi connectivity index (χ4n) is 2.35. The minimum Gasteiger partial charge on any atom is -0.354 e. The van der Waals surface area contributed by atoms with Crippen molar-refractivity contribution in [2.45, 2.75) is 6.42 Å². The number of aromatic nitrogens is 2. The summed E-state index contributed by atoms with van der Waals surface area (Å²) in [6, 6.07) is 17.2. The summed E-state index contributed by atoms with van der Waals surface area (Å²) in [5, 5.41) is 9.53. The third-order valence-corrected chi connectivity index (χ3v) is 3.59. The molecule has 0 saturated heterocycles. The van der Waals surface area contributed by atoms with Crippen LogP contribution >= 0.6 is 0 Å². The van der Waals surface area contributed by atoms with Crippen molar-refractivity contribution in [3.8, 4) is 0 Å². The minimum atomic E-state index is -0.364. The first-order chi connectivity index (χ1) is 11.7. The van der Waals surface area contributed by atoms with E-state index in [0.717, 1.165) is 17.5 Å². The van der Waals surface area contributed by atoms with Gasteiger partial charge in [0.25, 0.3) is 5.91 Å². The molecule has 6 heteroatoms. The van der Waals surface area contributed by atoms with E-state index in [9.17, 15) is 9.59 Å². The number of benzene rings is 1. The van der Waals surface area contributed by atoms with Crippen LogP contribution in [-0.2, 0) is 11.2 Å². The number of carbonyl (C=O) groups is 2. The van der Waals surface area contributed by atoms with Gasteiger partial charge in [0.05, 0.1) is 12.1 Å². The standard InChI is InChI=1S/C18H18N4O2/c23-17(19-10-9-14-6-2-1-3-7-14)13-20-18(24)16-12-15-8-4-5-11-22(15)21-16/h1-8,11-12H,9-10,13H2,(H,19,23)(H,20,24). The van der Waals surface area contributed by atoms with E-state index in [4.69, 9.17) is 0 Å². The number of hydrogen-bond donors (Lipinski definition) is 2. The molecule has 1 aromatic carbocycles. The van der Waals surface area contributed by atoms with Crippen molar-refractivity contribution in [1.82, 2.24) is 20.2 Å². The first-order valence-electron chi connectivity index (χ1n) is 7.75. The van der Waals surface area contributed by atoms with E-state index in [1.165, 1.54) is 0 Å². The van der Waals surface area contributed by atoms with Gasteiger partial charge in [-0.3, -0.25) is 9.59 Å². The van der Waals surface area contributed by atoms with Crippen molar-refractivity contribution in [1.29, 1.82) is 0 Å². The SMILES string of the molecule is O=C(CNC(=O)c1cc2ccccn2n1)NCCc1ccccc1. The summed E-state index contributed by atoms with van der Waals surface area (Å²) in [5.41, 5.74) is 2.28. The molecule has 24 heavy (non-hydrogen) atoms. The molecule has 0 fully saturated rings. The van der Waals surface area contributed by atoms with Crippen LogP contribution in [0, 0.1) is 0 Å². The summed E-state index contributed by atoms with van der Waals surface area (Å²) in [6.07, 6.45) is 2.52. The zero-order chi connectivity index (χ0) is 16.8. The number of hydrogen-bond acceptors (Lipinski definition) is 3. The molecular weight excluding hydrogens is 304 g/mol. The maximum Gasteiger partial charge on any atom is 0.272 e. The summed E-state index contributed by atoms with van der Waals surface area (Å²) < 4.78 is 1.62. The number of fused-ring (bicyclic) bond motifs is 1. The van der Waals surface area contributed by atoms with E-state index in [-0.39, 0.29) is 18.4 Å². The maximum absolute atomic E-state index is 12.0. The van der Waals surface area contributed by atoms with E-state index < -0.39 is 0 Å². The zero-order valence-corrected chi connectivity index (χ0v) is 13.1. The Balaban J connectivity index is 1.44. The third kappa shape index (κ3) is 3.98. The molecule has 3 aromatic rings. The fourth-order valence-corrected chi connectivity index (χ4v) is 2.35. The summed E-state index contributed by atoms with van der Waals surface area (Å²) in [6.45, 7) is 0.467. The number of rotatable bonds is 6. The first kappa shape index (κ1) is 15.7. The average Bonchev–Trinajstić information content (AvgIpc) is 3.05. The van der Waals surface area contributed by atoms with Crippen LogP contribution in [0.25, 0.3) is 5.52 Å². The lowest BCUT2D eigenvalue weighted by atomic mass is 10.1. The van der Waals surface area contributed by atoms with Gasteiger partial charge in [-0.25, -0.2) is 4.52 Å². The van der Waals surface area contributed by atoms with Crippen molar-refractivity contribution in [2.75, 3.05) is 13.1 Å². The van der Waals surface area contributed by atoms with Gasteiger partial charge in [0.2, 0.25) is 5.91 Å². The Kier molecular flexibility index (Phi) is 4.86. The lowest BCUT2D eigenvalue weighted by molar-refractivity contribution is -0.120. The molecule has 0 atom stereocenters. The molecule has 0 aliphatic heterocycles. The average molecular weight is 322 g/mol. The van der Waals surface area contributed by atoms with Crippen molar-refractivity contribution in [3.05, 3.63) is 72.1 Å². The molecule has 2 N–H and O–H groups in total. The van der Waals surface area contributed by atoms with E-state index in [1.807, 2.05) is 48.5 Å². The van der Waals surface area contributed by atoms with Gasteiger partial charge in [-0.1, -0.05) is 36.4 Å². The van der Waals surface area contributed by atoms with Crippen LogP contribution in [0.15, 0.2) is 60.8 Å². The van der Waals surface area contributed by atoms with Crippen LogP contribution < -0.4 is 10.6 Å². The molecule has 122 valence electrons. The van der Waals surface area contributed by atoms with Gasteiger partial charge < -0.3 is 10.6 Å². The summed E-state index contributed by atoms with van der Waals surface area (Å²) >= 11 is 0. The first-order valence-corrected chi connectivity index (χ1v) is 7.75. The Morgan fingerprint density at radius 1 is 1.00 bits per heavy atom. The normalized spacial score (nSPS) is 10.5. The molecule has 3 rings (SSSR count). The molecular formula is C18H18N4O2. The van der Waals surface area contributed by atoms with Crippen molar-refractivity contribution >= 4 is 17.3 Å². The van der Waals surface area contributed by atoms with Gasteiger partial charge in [0.1, 0.15) is 0 Å². The van der Waals surface area contributed by atoms with Crippen molar-refractivity contribution in [2.24, 2.45) is 0 Å². The van der Waals surface area contributed by atoms with E-state index in [2.05, 4.69) is 15.7 Å². The Bertz CT molecular complexity index is 809. The van der Waals surface area contributed by atoms with Gasteiger partial charge in [-0.05, 0) is 30.2 Å². The molecule has 0 aliphatic carbocycles. The topological polar surface area (TPSA) is 75.5 Å².